The summed E-state index contributed by atoms with van der Waals surface area (Å²) in [6, 6.07) is 0. The molecule has 0 spiro atoms. The first kappa shape index (κ1) is 13.9. The van der Waals surface area contributed by atoms with Gasteiger partial charge in [0.15, 0.2) is 0 Å². The molecule has 96 valence electrons. The lowest BCUT2D eigenvalue weighted by Crippen LogP contribution is -2.23. The van der Waals surface area contributed by atoms with Gasteiger partial charge in [0.1, 0.15) is 0 Å². The monoisotopic (exact) mass is 239 g/mol. The number of hydrogen-bond acceptors (Lipinski definition) is 3. The predicted octanol–water partition coefficient (Wildman–Crippen LogP) is 1.43. The second-order valence-electron chi connectivity index (χ2n) is 4.04. The van der Waals surface area contributed by atoms with Crippen molar-refractivity contribution in [1.29, 1.82) is 0 Å². The number of ether oxygens (including phenoxy) is 2. The van der Waals surface area contributed by atoms with Crippen LogP contribution in [0.25, 0.3) is 0 Å². The molecule has 0 aromatic heterocycles. The van der Waals surface area contributed by atoms with Gasteiger partial charge in [0.2, 0.25) is 5.91 Å². The zero-order valence-electron chi connectivity index (χ0n) is 10.5. The third-order valence-electron chi connectivity index (χ3n) is 2.54. The molecule has 1 fully saturated rings. The minimum absolute atomic E-state index is 0.134. The van der Waals surface area contributed by atoms with Crippen molar-refractivity contribution in [3.05, 3.63) is 23.8 Å². The standard InChI is InChI=1S/C13H21NO3/c1-3-13(15)14-7-4-8-17-10-12(9-16-2)11-5-6-11/h3H,1,4-10H2,2H3,(H,14,15). The van der Waals surface area contributed by atoms with E-state index in [4.69, 9.17) is 9.47 Å². The third kappa shape index (κ3) is 6.24. The van der Waals surface area contributed by atoms with Gasteiger partial charge in [-0.1, -0.05) is 12.2 Å². The van der Waals surface area contributed by atoms with Crippen LogP contribution in [0, 0.1) is 0 Å². The summed E-state index contributed by atoms with van der Waals surface area (Å²) in [6.45, 7) is 5.98. The maximum Gasteiger partial charge on any atom is 0.243 e. The number of carbonyl (C=O) groups is 1. The zero-order chi connectivity index (χ0) is 12.5. The van der Waals surface area contributed by atoms with Gasteiger partial charge < -0.3 is 14.8 Å². The summed E-state index contributed by atoms with van der Waals surface area (Å²) in [5.74, 6) is -0.134. The van der Waals surface area contributed by atoms with E-state index < -0.39 is 0 Å². The van der Waals surface area contributed by atoms with Crippen LogP contribution in [0.15, 0.2) is 23.8 Å². The highest BCUT2D eigenvalue weighted by Crippen LogP contribution is 2.31. The molecule has 1 N–H and O–H groups in total. The Balaban J connectivity index is 2.02. The summed E-state index contributed by atoms with van der Waals surface area (Å²) in [7, 11) is 1.70. The molecular weight excluding hydrogens is 218 g/mol. The molecule has 4 nitrogen and oxygen atoms in total. The minimum Gasteiger partial charge on any atom is -0.380 e. The molecule has 17 heavy (non-hydrogen) atoms. The summed E-state index contributed by atoms with van der Waals surface area (Å²) in [5.41, 5.74) is 2.76. The Morgan fingerprint density at radius 1 is 1.47 bits per heavy atom. The van der Waals surface area contributed by atoms with E-state index in [0.29, 0.717) is 26.4 Å². The number of methoxy groups -OCH3 is 1. The van der Waals surface area contributed by atoms with Crippen LogP contribution in [0.4, 0.5) is 0 Å². The van der Waals surface area contributed by atoms with Crippen LogP contribution in [-0.2, 0) is 14.3 Å². The van der Waals surface area contributed by atoms with Crippen molar-refractivity contribution < 1.29 is 14.3 Å². The molecule has 0 aromatic rings. The van der Waals surface area contributed by atoms with Gasteiger partial charge in [-0.05, 0) is 30.9 Å². The van der Waals surface area contributed by atoms with Gasteiger partial charge in [-0.3, -0.25) is 4.79 Å². The number of nitrogens with one attached hydrogen (secondary N) is 1. The summed E-state index contributed by atoms with van der Waals surface area (Å²) in [4.78, 5) is 10.8. The molecule has 0 bridgehead atoms. The lowest BCUT2D eigenvalue weighted by molar-refractivity contribution is -0.116. The molecule has 0 atom stereocenters. The Kier molecular flexibility index (Phi) is 6.58. The first-order chi connectivity index (χ1) is 8.27. The maximum absolute atomic E-state index is 10.8. The average Bonchev–Trinajstić information content (AvgIpc) is 3.15. The normalized spacial score (nSPS) is 13.4. The molecule has 0 heterocycles. The molecule has 4 heteroatoms. The Morgan fingerprint density at radius 3 is 2.82 bits per heavy atom. The molecule has 1 amide bonds. The lowest BCUT2D eigenvalue weighted by Gasteiger charge is -2.08. The fourth-order valence-electron chi connectivity index (χ4n) is 1.49. The first-order valence-electron chi connectivity index (χ1n) is 5.94. The van der Waals surface area contributed by atoms with E-state index in [1.54, 1.807) is 7.11 Å². The number of allylic oxidation sites excluding steroid dienone is 1. The van der Waals surface area contributed by atoms with Crippen LogP contribution < -0.4 is 5.32 Å². The molecule has 1 saturated carbocycles. The van der Waals surface area contributed by atoms with Crippen molar-refractivity contribution in [3.63, 3.8) is 0 Å². The Hall–Kier alpha value is -1.13. The fraction of sp³-hybridized carbons (Fsp3) is 0.615. The van der Waals surface area contributed by atoms with Crippen LogP contribution in [0.5, 0.6) is 0 Å². The van der Waals surface area contributed by atoms with E-state index in [9.17, 15) is 4.79 Å². The summed E-state index contributed by atoms with van der Waals surface area (Å²) in [6.07, 6.45) is 4.47. The van der Waals surface area contributed by atoms with Crippen molar-refractivity contribution in [3.8, 4) is 0 Å². The number of rotatable bonds is 9. The number of amides is 1. The Bertz CT molecular complexity index is 291. The average molecular weight is 239 g/mol. The second kappa shape index (κ2) is 8.03. The highest BCUT2D eigenvalue weighted by molar-refractivity contribution is 5.86. The van der Waals surface area contributed by atoms with Crippen LogP contribution in [-0.4, -0.2) is 39.4 Å². The molecule has 0 radical (unpaired) electrons. The van der Waals surface area contributed by atoms with E-state index in [1.165, 1.54) is 30.1 Å². The van der Waals surface area contributed by atoms with Crippen molar-refractivity contribution in [2.75, 3.05) is 33.5 Å². The van der Waals surface area contributed by atoms with E-state index in [2.05, 4.69) is 11.9 Å². The first-order valence-corrected chi connectivity index (χ1v) is 5.94. The van der Waals surface area contributed by atoms with Crippen LogP contribution >= 0.6 is 0 Å². The fourth-order valence-corrected chi connectivity index (χ4v) is 1.49. The molecule has 0 unspecified atom stereocenters. The quantitative estimate of drug-likeness (QED) is 0.376. The van der Waals surface area contributed by atoms with Crippen LogP contribution in [0.2, 0.25) is 0 Å². The minimum atomic E-state index is -0.134. The van der Waals surface area contributed by atoms with Gasteiger partial charge in [-0.15, -0.1) is 0 Å². The summed E-state index contributed by atoms with van der Waals surface area (Å²) in [5, 5.41) is 2.71. The molecule has 0 aromatic carbocycles. The van der Waals surface area contributed by atoms with Crippen LogP contribution in [0.3, 0.4) is 0 Å². The third-order valence-corrected chi connectivity index (χ3v) is 2.54. The Morgan fingerprint density at radius 2 is 2.24 bits per heavy atom. The van der Waals surface area contributed by atoms with E-state index in [-0.39, 0.29) is 5.91 Å². The second-order valence-corrected chi connectivity index (χ2v) is 4.04. The molecule has 1 aliphatic carbocycles. The largest absolute Gasteiger partial charge is 0.380 e. The van der Waals surface area contributed by atoms with Gasteiger partial charge in [0.05, 0.1) is 13.2 Å². The van der Waals surface area contributed by atoms with Crippen molar-refractivity contribution in [1.82, 2.24) is 5.32 Å². The van der Waals surface area contributed by atoms with Gasteiger partial charge >= 0.3 is 0 Å². The van der Waals surface area contributed by atoms with Gasteiger partial charge in [0, 0.05) is 20.3 Å². The maximum atomic E-state index is 10.8. The van der Waals surface area contributed by atoms with E-state index in [0.717, 1.165) is 6.42 Å². The van der Waals surface area contributed by atoms with Crippen molar-refractivity contribution in [2.24, 2.45) is 0 Å². The van der Waals surface area contributed by atoms with Crippen molar-refractivity contribution >= 4 is 5.91 Å². The summed E-state index contributed by atoms with van der Waals surface area (Å²) < 4.78 is 10.7. The van der Waals surface area contributed by atoms with Gasteiger partial charge in [-0.2, -0.15) is 0 Å². The predicted molar refractivity (Wildman–Crippen MR) is 66.8 cm³/mol. The topological polar surface area (TPSA) is 47.6 Å². The van der Waals surface area contributed by atoms with Gasteiger partial charge in [-0.25, -0.2) is 0 Å². The highest BCUT2D eigenvalue weighted by Gasteiger charge is 2.17. The molecule has 0 saturated heterocycles. The zero-order valence-corrected chi connectivity index (χ0v) is 10.5. The highest BCUT2D eigenvalue weighted by atomic mass is 16.5. The molecule has 1 aliphatic rings. The van der Waals surface area contributed by atoms with E-state index in [1.807, 2.05) is 0 Å². The number of hydrogen-bond donors (Lipinski definition) is 1. The van der Waals surface area contributed by atoms with Crippen LogP contribution in [0.1, 0.15) is 19.3 Å². The van der Waals surface area contributed by atoms with Gasteiger partial charge in [0.25, 0.3) is 0 Å². The Labute approximate surface area is 103 Å². The molecular formula is C13H21NO3. The van der Waals surface area contributed by atoms with E-state index >= 15 is 0 Å². The lowest BCUT2D eigenvalue weighted by atomic mass is 10.2. The summed E-state index contributed by atoms with van der Waals surface area (Å²) >= 11 is 0. The molecule has 0 aliphatic heterocycles. The molecule has 1 rings (SSSR count). The SMILES string of the molecule is C=CC(=O)NCCCOCC(COC)=C1CC1. The number of carbonyl (C=O) groups excluding carboxylic acids is 1. The van der Waals surface area contributed by atoms with Crippen molar-refractivity contribution in [2.45, 2.75) is 19.3 Å². The smallest absolute Gasteiger partial charge is 0.243 e.